The maximum Gasteiger partial charge on any atom is 0.281 e. The van der Waals surface area contributed by atoms with Gasteiger partial charge in [-0.05, 0) is 27.8 Å². The second-order valence-electron chi connectivity index (χ2n) is 3.57. The summed E-state index contributed by atoms with van der Waals surface area (Å²) in [6.07, 6.45) is 0. The molecule has 3 nitrogen and oxygen atoms in total. The van der Waals surface area contributed by atoms with Crippen LogP contribution in [0.1, 0.15) is 11.1 Å². The fourth-order valence-electron chi connectivity index (χ4n) is 2.11. The molecule has 0 saturated heterocycles. The number of carbonyl (C=O) groups excluding carboxylic acids is 3. The molecule has 0 aliphatic heterocycles. The zero-order valence-corrected chi connectivity index (χ0v) is 12.2. The molecule has 0 N–H and O–H groups in total. The summed E-state index contributed by atoms with van der Waals surface area (Å²) in [5, 5.41) is 0. The van der Waals surface area contributed by atoms with E-state index in [1.54, 1.807) is 0 Å². The van der Waals surface area contributed by atoms with E-state index in [0.717, 1.165) is 5.57 Å². The quantitative estimate of drug-likeness (QED) is 0.641. The van der Waals surface area contributed by atoms with Crippen LogP contribution >= 0.6 is 0 Å². The van der Waals surface area contributed by atoms with Crippen LogP contribution in [0, 0.1) is 0 Å². The third kappa shape index (κ3) is 4.35. The van der Waals surface area contributed by atoms with Gasteiger partial charge in [-0.3, -0.25) is 14.4 Å². The Morgan fingerprint density at radius 1 is 0.571 bits per heavy atom. The minimum absolute atomic E-state index is 0. The van der Waals surface area contributed by atoms with Crippen molar-refractivity contribution in [1.29, 1.82) is 0 Å². The molecule has 6 radical (unpaired) electrons. The molecule has 0 unspecified atom stereocenters. The largest absolute Gasteiger partial charge is 0.281 e. The van der Waals surface area contributed by atoms with Crippen LogP contribution in [0.25, 0.3) is 16.7 Å². The standard InChI is InChI=1S/C14H10.3CO.Cr/c1-10-11-6-2-4-8-13(11)14-9-5-3-7-12(10)14;3*1-2;/h2-9H,1H2;;;;. The third-order valence-electron chi connectivity index (χ3n) is 2.79. The smallest absolute Gasteiger partial charge is 0.281 e. The van der Waals surface area contributed by atoms with Crippen molar-refractivity contribution in [2.45, 2.75) is 0 Å². The van der Waals surface area contributed by atoms with Crippen molar-refractivity contribution < 1.29 is 31.7 Å². The first kappa shape index (κ1) is 21.0. The molecule has 0 saturated carbocycles. The Morgan fingerprint density at radius 2 is 0.810 bits per heavy atom. The van der Waals surface area contributed by atoms with E-state index in [0.29, 0.717) is 0 Å². The molecule has 2 aromatic carbocycles. The molecule has 2 aromatic rings. The molecule has 0 atom stereocenters. The van der Waals surface area contributed by atoms with Crippen molar-refractivity contribution in [1.82, 2.24) is 0 Å². The average molecular weight is 314 g/mol. The van der Waals surface area contributed by atoms with Gasteiger partial charge in [0, 0.05) is 17.4 Å². The van der Waals surface area contributed by atoms with Crippen molar-refractivity contribution in [3.8, 4) is 11.1 Å². The molecule has 0 aromatic heterocycles. The Morgan fingerprint density at radius 3 is 1.10 bits per heavy atom. The molecule has 102 valence electrons. The molecule has 21 heavy (non-hydrogen) atoms. The van der Waals surface area contributed by atoms with Gasteiger partial charge in [0.25, 0.3) is 20.4 Å². The van der Waals surface area contributed by atoms with Gasteiger partial charge >= 0.3 is 0 Å². The Balaban J connectivity index is 0. The first-order valence-electron chi connectivity index (χ1n) is 5.37. The van der Waals surface area contributed by atoms with Crippen LogP contribution in [0.3, 0.4) is 0 Å². The summed E-state index contributed by atoms with van der Waals surface area (Å²) >= 11 is 0. The summed E-state index contributed by atoms with van der Waals surface area (Å²) in [5.41, 5.74) is 6.32. The van der Waals surface area contributed by atoms with Gasteiger partial charge in [0.05, 0.1) is 0 Å². The van der Waals surface area contributed by atoms with Crippen LogP contribution in [-0.2, 0) is 31.7 Å². The minimum atomic E-state index is 0. The summed E-state index contributed by atoms with van der Waals surface area (Å²) in [6.45, 7) is 17.6. The molecule has 0 fully saturated rings. The Labute approximate surface area is 135 Å². The third-order valence-corrected chi connectivity index (χ3v) is 2.79. The molecule has 0 spiro atoms. The van der Waals surface area contributed by atoms with Crippen LogP contribution in [0.15, 0.2) is 55.1 Å². The fourth-order valence-corrected chi connectivity index (χ4v) is 2.11. The van der Waals surface area contributed by atoms with Gasteiger partial charge in [-0.25, -0.2) is 0 Å². The van der Waals surface area contributed by atoms with Crippen molar-refractivity contribution in [2.24, 2.45) is 0 Å². The van der Waals surface area contributed by atoms with Crippen molar-refractivity contribution >= 4 is 25.9 Å². The molecule has 0 amide bonds. The Hall–Kier alpha value is -2.28. The van der Waals surface area contributed by atoms with Crippen LogP contribution < -0.4 is 0 Å². The maximum atomic E-state index is 7.50. The van der Waals surface area contributed by atoms with Gasteiger partial charge in [-0.15, -0.1) is 0 Å². The van der Waals surface area contributed by atoms with Crippen LogP contribution in [0.5, 0.6) is 0 Å². The number of fused-ring (bicyclic) bond motifs is 3. The number of rotatable bonds is 0. The SMILES string of the molecule is C=C1c2ccccc2-c2ccccc21.[C]=O.[C]=O.[C]=O.[Cr]. The van der Waals surface area contributed by atoms with Crippen molar-refractivity contribution in [3.05, 3.63) is 66.2 Å². The Bertz CT molecular complexity index is 529. The van der Waals surface area contributed by atoms with Gasteiger partial charge in [0.1, 0.15) is 0 Å². The van der Waals surface area contributed by atoms with E-state index < -0.39 is 0 Å². The fraction of sp³-hybridized carbons (Fsp3) is 0. The molecule has 0 heterocycles. The average Bonchev–Trinajstić information content (AvgIpc) is 2.87. The second kappa shape index (κ2) is 11.5. The topological polar surface area (TPSA) is 51.2 Å². The van der Waals surface area contributed by atoms with Gasteiger partial charge in [0.15, 0.2) is 0 Å². The first-order valence-corrected chi connectivity index (χ1v) is 5.37. The number of benzene rings is 2. The van der Waals surface area contributed by atoms with Gasteiger partial charge in [-0.2, -0.15) is 0 Å². The summed E-state index contributed by atoms with van der Waals surface area (Å²) in [6, 6.07) is 16.9. The molecular formula is C17H10CrO3. The van der Waals surface area contributed by atoms with E-state index in [1.807, 2.05) is 0 Å². The predicted octanol–water partition coefficient (Wildman–Crippen LogP) is 2.53. The molecule has 1 aliphatic carbocycles. The van der Waals surface area contributed by atoms with Crippen LogP contribution in [0.2, 0.25) is 0 Å². The van der Waals surface area contributed by atoms with Crippen LogP contribution in [-0.4, -0.2) is 20.4 Å². The summed E-state index contributed by atoms with van der Waals surface area (Å²) in [5.74, 6) is 0. The first-order chi connectivity index (χ1) is 9.88. The van der Waals surface area contributed by atoms with Gasteiger partial charge < -0.3 is 0 Å². The Kier molecular flexibility index (Phi) is 11.6. The van der Waals surface area contributed by atoms with E-state index in [2.05, 4.69) is 75.5 Å². The minimum Gasteiger partial charge on any atom is -0.281 e. The van der Waals surface area contributed by atoms with Crippen molar-refractivity contribution in [3.63, 3.8) is 0 Å². The predicted molar refractivity (Wildman–Crippen MR) is 77.1 cm³/mol. The van der Waals surface area contributed by atoms with Gasteiger partial charge in [0.2, 0.25) is 0 Å². The zero-order valence-electron chi connectivity index (χ0n) is 11.0. The number of hydrogen-bond acceptors (Lipinski definition) is 3. The van der Waals surface area contributed by atoms with Gasteiger partial charge in [-0.1, -0.05) is 55.1 Å². The van der Waals surface area contributed by atoms with E-state index in [9.17, 15) is 0 Å². The monoisotopic (exact) mass is 314 g/mol. The summed E-state index contributed by atoms with van der Waals surface area (Å²) < 4.78 is 0. The van der Waals surface area contributed by atoms with E-state index in [-0.39, 0.29) is 17.4 Å². The zero-order chi connectivity index (χ0) is 15.5. The molecule has 0 bridgehead atoms. The molecule has 3 rings (SSSR count). The van der Waals surface area contributed by atoms with E-state index in [4.69, 9.17) is 14.4 Å². The second-order valence-corrected chi connectivity index (χ2v) is 3.57. The van der Waals surface area contributed by atoms with E-state index >= 15 is 0 Å². The normalized spacial score (nSPS) is 8.86. The molecule has 1 aliphatic rings. The summed E-state index contributed by atoms with van der Waals surface area (Å²) in [7, 11) is 0. The van der Waals surface area contributed by atoms with E-state index in [1.165, 1.54) is 22.3 Å². The maximum absolute atomic E-state index is 7.50. The summed E-state index contributed by atoms with van der Waals surface area (Å²) in [4.78, 5) is 22.5. The molecular weight excluding hydrogens is 304 g/mol. The number of hydrogen-bond donors (Lipinski definition) is 0. The molecule has 4 heteroatoms. The van der Waals surface area contributed by atoms with Crippen molar-refractivity contribution in [2.75, 3.05) is 0 Å². The van der Waals surface area contributed by atoms with Crippen LogP contribution in [0.4, 0.5) is 0 Å².